The van der Waals surface area contributed by atoms with E-state index < -0.39 is 17.5 Å². The van der Waals surface area contributed by atoms with E-state index in [0.29, 0.717) is 11.3 Å². The summed E-state index contributed by atoms with van der Waals surface area (Å²) in [7, 11) is 0. The van der Waals surface area contributed by atoms with Crippen molar-refractivity contribution in [2.45, 2.75) is 13.3 Å². The lowest BCUT2D eigenvalue weighted by Crippen LogP contribution is -2.15. The number of anilines is 2. The van der Waals surface area contributed by atoms with Crippen LogP contribution in [0.15, 0.2) is 40.9 Å². The number of rotatable bonds is 4. The predicted octanol–water partition coefficient (Wildman–Crippen LogP) is 3.87. The second kappa shape index (κ2) is 7.32. The number of carbonyl (C=O) groups excluding carboxylic acids is 2. The van der Waals surface area contributed by atoms with Gasteiger partial charge in [-0.1, -0.05) is 6.07 Å². The van der Waals surface area contributed by atoms with Crippen LogP contribution in [0.2, 0.25) is 0 Å². The van der Waals surface area contributed by atoms with Crippen molar-refractivity contribution in [1.82, 2.24) is 0 Å². The van der Waals surface area contributed by atoms with Gasteiger partial charge in [-0.15, -0.1) is 0 Å². The molecule has 0 aliphatic carbocycles. The fourth-order valence-corrected chi connectivity index (χ4v) is 2.35. The lowest BCUT2D eigenvalue weighted by Gasteiger charge is -2.09. The van der Waals surface area contributed by atoms with Gasteiger partial charge in [0, 0.05) is 12.6 Å². The molecule has 0 unspecified atom stereocenters. The van der Waals surface area contributed by atoms with Crippen molar-refractivity contribution in [3.63, 3.8) is 0 Å². The highest BCUT2D eigenvalue weighted by Gasteiger charge is 2.09. The van der Waals surface area contributed by atoms with Gasteiger partial charge in [-0.05, 0) is 51.8 Å². The van der Waals surface area contributed by atoms with Gasteiger partial charge < -0.3 is 10.6 Å². The van der Waals surface area contributed by atoms with Gasteiger partial charge in [0.15, 0.2) is 0 Å². The molecule has 2 aromatic rings. The molecule has 2 amide bonds. The summed E-state index contributed by atoms with van der Waals surface area (Å²) in [5.41, 5.74) is 0.959. The normalized spacial score (nSPS) is 10.3. The zero-order chi connectivity index (χ0) is 17.0. The standard InChI is InChI=1S/C16H13BrF2N2O2/c1-9(22)20-15-8-11(3-5-14(15)19)21-16(23)7-10-2-4-13(18)12(17)6-10/h2-6,8H,7H2,1H3,(H,20,22)(H,21,23). The van der Waals surface area contributed by atoms with E-state index in [1.807, 2.05) is 0 Å². The number of benzene rings is 2. The van der Waals surface area contributed by atoms with Gasteiger partial charge in [0.2, 0.25) is 11.8 Å². The second-order valence-electron chi connectivity index (χ2n) is 4.85. The molecule has 2 rings (SSSR count). The summed E-state index contributed by atoms with van der Waals surface area (Å²) in [6.07, 6.45) is 0.0335. The number of amides is 2. The zero-order valence-corrected chi connectivity index (χ0v) is 13.7. The summed E-state index contributed by atoms with van der Waals surface area (Å²) >= 11 is 3.05. The minimum Gasteiger partial charge on any atom is -0.326 e. The van der Waals surface area contributed by atoms with Crippen molar-refractivity contribution >= 4 is 39.1 Å². The third-order valence-electron chi connectivity index (χ3n) is 2.91. The largest absolute Gasteiger partial charge is 0.326 e. The van der Waals surface area contributed by atoms with E-state index in [9.17, 15) is 18.4 Å². The molecule has 23 heavy (non-hydrogen) atoms. The summed E-state index contributed by atoms with van der Waals surface area (Å²) in [6, 6.07) is 8.15. The monoisotopic (exact) mass is 382 g/mol. The lowest BCUT2D eigenvalue weighted by molar-refractivity contribution is -0.115. The molecule has 0 bridgehead atoms. The van der Waals surface area contributed by atoms with Crippen LogP contribution < -0.4 is 10.6 Å². The van der Waals surface area contributed by atoms with E-state index in [2.05, 4.69) is 26.6 Å². The SMILES string of the molecule is CC(=O)Nc1cc(NC(=O)Cc2ccc(F)c(Br)c2)ccc1F. The first-order valence-corrected chi connectivity index (χ1v) is 7.45. The lowest BCUT2D eigenvalue weighted by atomic mass is 10.1. The van der Waals surface area contributed by atoms with Crippen LogP contribution in [0.25, 0.3) is 0 Å². The van der Waals surface area contributed by atoms with Gasteiger partial charge in [-0.2, -0.15) is 0 Å². The van der Waals surface area contributed by atoms with Crippen LogP contribution >= 0.6 is 15.9 Å². The molecule has 2 N–H and O–H groups in total. The Morgan fingerprint density at radius 2 is 1.74 bits per heavy atom. The molecule has 0 saturated heterocycles. The van der Waals surface area contributed by atoms with E-state index in [-0.39, 0.29) is 22.5 Å². The Hall–Kier alpha value is -2.28. The minimum atomic E-state index is -0.597. The molecule has 0 aliphatic heterocycles. The van der Waals surface area contributed by atoms with Crippen LogP contribution in [0.5, 0.6) is 0 Å². The maximum absolute atomic E-state index is 13.5. The number of hydrogen-bond donors (Lipinski definition) is 2. The Bertz CT molecular complexity index is 766. The molecule has 7 heteroatoms. The number of nitrogens with one attached hydrogen (secondary N) is 2. The quantitative estimate of drug-likeness (QED) is 0.843. The van der Waals surface area contributed by atoms with Crippen LogP contribution in [0.1, 0.15) is 12.5 Å². The van der Waals surface area contributed by atoms with E-state index in [1.165, 1.54) is 37.3 Å². The molecule has 0 spiro atoms. The van der Waals surface area contributed by atoms with Crippen molar-refractivity contribution in [2.24, 2.45) is 0 Å². The molecule has 0 fully saturated rings. The Labute approximate surface area is 140 Å². The van der Waals surface area contributed by atoms with E-state index in [4.69, 9.17) is 0 Å². The van der Waals surface area contributed by atoms with Gasteiger partial charge >= 0.3 is 0 Å². The van der Waals surface area contributed by atoms with Crippen LogP contribution in [0, 0.1) is 11.6 Å². The fraction of sp³-hybridized carbons (Fsp3) is 0.125. The molecule has 120 valence electrons. The van der Waals surface area contributed by atoms with Crippen LogP contribution in [0.4, 0.5) is 20.2 Å². The maximum atomic E-state index is 13.5. The fourth-order valence-electron chi connectivity index (χ4n) is 1.93. The van der Waals surface area contributed by atoms with Crippen LogP contribution in [0.3, 0.4) is 0 Å². The third-order valence-corrected chi connectivity index (χ3v) is 3.52. The van der Waals surface area contributed by atoms with E-state index in [0.717, 1.165) is 6.07 Å². The average Bonchev–Trinajstić information content (AvgIpc) is 2.46. The first kappa shape index (κ1) is 17.1. The van der Waals surface area contributed by atoms with Crippen molar-refractivity contribution < 1.29 is 18.4 Å². The first-order chi connectivity index (χ1) is 10.8. The zero-order valence-electron chi connectivity index (χ0n) is 12.1. The Balaban J connectivity index is 2.07. The van der Waals surface area contributed by atoms with E-state index in [1.54, 1.807) is 0 Å². The molecule has 2 aromatic carbocycles. The molecule has 0 radical (unpaired) electrons. The summed E-state index contributed by atoms with van der Waals surface area (Å²) in [5.74, 6) is -1.76. The molecular weight excluding hydrogens is 370 g/mol. The Morgan fingerprint density at radius 3 is 2.39 bits per heavy atom. The summed E-state index contributed by atoms with van der Waals surface area (Å²) < 4.78 is 27.0. The van der Waals surface area contributed by atoms with Crippen molar-refractivity contribution in [3.05, 3.63) is 58.1 Å². The molecule has 0 heterocycles. The van der Waals surface area contributed by atoms with Gasteiger partial charge in [-0.25, -0.2) is 8.78 Å². The van der Waals surface area contributed by atoms with E-state index >= 15 is 0 Å². The predicted molar refractivity (Wildman–Crippen MR) is 87.1 cm³/mol. The Kier molecular flexibility index (Phi) is 5.44. The van der Waals surface area contributed by atoms with Crippen LogP contribution in [-0.2, 0) is 16.0 Å². The number of hydrogen-bond acceptors (Lipinski definition) is 2. The van der Waals surface area contributed by atoms with Gasteiger partial charge in [0.1, 0.15) is 11.6 Å². The van der Waals surface area contributed by atoms with Crippen molar-refractivity contribution in [3.8, 4) is 0 Å². The van der Waals surface area contributed by atoms with Crippen molar-refractivity contribution in [1.29, 1.82) is 0 Å². The second-order valence-corrected chi connectivity index (χ2v) is 5.70. The molecule has 0 atom stereocenters. The van der Waals surface area contributed by atoms with Gasteiger partial charge in [0.05, 0.1) is 16.6 Å². The molecule has 0 saturated carbocycles. The maximum Gasteiger partial charge on any atom is 0.228 e. The minimum absolute atomic E-state index is 0.0140. The van der Waals surface area contributed by atoms with Gasteiger partial charge in [0.25, 0.3) is 0 Å². The molecule has 0 aromatic heterocycles. The van der Waals surface area contributed by atoms with Gasteiger partial charge in [-0.3, -0.25) is 9.59 Å². The topological polar surface area (TPSA) is 58.2 Å². The smallest absolute Gasteiger partial charge is 0.228 e. The van der Waals surface area contributed by atoms with Crippen LogP contribution in [-0.4, -0.2) is 11.8 Å². The molecule has 0 aliphatic rings. The highest BCUT2D eigenvalue weighted by atomic mass is 79.9. The highest BCUT2D eigenvalue weighted by molar-refractivity contribution is 9.10. The third kappa shape index (κ3) is 4.85. The first-order valence-electron chi connectivity index (χ1n) is 6.66. The average molecular weight is 383 g/mol. The Morgan fingerprint density at radius 1 is 1.04 bits per heavy atom. The highest BCUT2D eigenvalue weighted by Crippen LogP contribution is 2.21. The summed E-state index contributed by atoms with van der Waals surface area (Å²) in [4.78, 5) is 23.0. The summed E-state index contributed by atoms with van der Waals surface area (Å²) in [6.45, 7) is 1.26. The number of carbonyl (C=O) groups is 2. The van der Waals surface area contributed by atoms with Crippen molar-refractivity contribution in [2.75, 3.05) is 10.6 Å². The molecule has 4 nitrogen and oxygen atoms in total. The number of halogens is 3. The summed E-state index contributed by atoms with van der Waals surface area (Å²) in [5, 5.41) is 4.94. The molecular formula is C16H13BrF2N2O2.